The van der Waals surface area contributed by atoms with Gasteiger partial charge in [0.2, 0.25) is 0 Å². The van der Waals surface area contributed by atoms with E-state index in [9.17, 15) is 18.0 Å². The lowest BCUT2D eigenvalue weighted by atomic mass is 10.1. The van der Waals surface area contributed by atoms with E-state index < -0.39 is 23.4 Å². The van der Waals surface area contributed by atoms with E-state index in [0.717, 1.165) is 12.1 Å². The Kier molecular flexibility index (Phi) is 7.09. The van der Waals surface area contributed by atoms with Gasteiger partial charge in [0, 0.05) is 13.1 Å². The highest BCUT2D eigenvalue weighted by Gasteiger charge is 2.31. The van der Waals surface area contributed by atoms with Gasteiger partial charge < -0.3 is 20.5 Å². The summed E-state index contributed by atoms with van der Waals surface area (Å²) in [6.45, 7) is 3.72. The van der Waals surface area contributed by atoms with Crippen molar-refractivity contribution in [1.82, 2.24) is 5.32 Å². The third kappa shape index (κ3) is 7.36. The van der Waals surface area contributed by atoms with E-state index in [2.05, 4.69) is 5.32 Å². The standard InChI is InChI=1S/C16H21F3N2O3/c1-15(2,24-14(22)21-9-4-3-8-20)11-23-13-7-5-6-12(10-13)16(17,18)19/h3-7,10H,8-9,11,20H2,1-2H3,(H,21,22)/b4-3+. The van der Waals surface area contributed by atoms with Gasteiger partial charge in [0.1, 0.15) is 18.0 Å². The first-order valence-electron chi connectivity index (χ1n) is 7.26. The molecule has 1 amide bonds. The number of alkyl halides is 3. The fourth-order valence-electron chi connectivity index (χ4n) is 1.66. The maximum atomic E-state index is 12.6. The predicted octanol–water partition coefficient (Wildman–Crippen LogP) is 3.10. The molecule has 0 radical (unpaired) electrons. The Bertz CT molecular complexity index is 572. The van der Waals surface area contributed by atoms with Gasteiger partial charge in [0.15, 0.2) is 0 Å². The minimum absolute atomic E-state index is 0.0489. The average molecular weight is 346 g/mol. The summed E-state index contributed by atoms with van der Waals surface area (Å²) < 4.78 is 48.4. The number of nitrogens with one attached hydrogen (secondary N) is 1. The number of ether oxygens (including phenoxy) is 2. The van der Waals surface area contributed by atoms with Gasteiger partial charge in [-0.3, -0.25) is 0 Å². The van der Waals surface area contributed by atoms with Gasteiger partial charge in [-0.1, -0.05) is 18.2 Å². The average Bonchev–Trinajstić information content (AvgIpc) is 2.49. The number of hydrogen-bond donors (Lipinski definition) is 2. The molecule has 0 aliphatic heterocycles. The van der Waals surface area contributed by atoms with Crippen LogP contribution in [0.15, 0.2) is 36.4 Å². The van der Waals surface area contributed by atoms with E-state index in [1.54, 1.807) is 26.0 Å². The molecule has 1 rings (SSSR count). The van der Waals surface area contributed by atoms with Crippen LogP contribution >= 0.6 is 0 Å². The van der Waals surface area contributed by atoms with Crippen LogP contribution in [0.25, 0.3) is 0 Å². The Morgan fingerprint density at radius 1 is 1.29 bits per heavy atom. The molecule has 0 unspecified atom stereocenters. The first kappa shape index (κ1) is 19.8. The van der Waals surface area contributed by atoms with Crippen molar-refractivity contribution in [3.8, 4) is 5.75 Å². The number of rotatable bonds is 7. The second kappa shape index (κ2) is 8.58. The van der Waals surface area contributed by atoms with Gasteiger partial charge in [0.25, 0.3) is 0 Å². The molecule has 5 nitrogen and oxygen atoms in total. The molecule has 0 saturated heterocycles. The molecule has 1 aromatic rings. The van der Waals surface area contributed by atoms with E-state index in [0.29, 0.717) is 6.54 Å². The van der Waals surface area contributed by atoms with Crippen LogP contribution < -0.4 is 15.8 Å². The summed E-state index contributed by atoms with van der Waals surface area (Å²) >= 11 is 0. The molecular weight excluding hydrogens is 325 g/mol. The molecule has 0 aliphatic rings. The zero-order chi connectivity index (χ0) is 18.2. The number of nitrogens with two attached hydrogens (primary N) is 1. The van der Waals surface area contributed by atoms with E-state index in [-0.39, 0.29) is 18.9 Å². The Morgan fingerprint density at radius 2 is 2.00 bits per heavy atom. The number of carbonyl (C=O) groups excluding carboxylic acids is 1. The van der Waals surface area contributed by atoms with E-state index in [1.807, 2.05) is 0 Å². The molecule has 0 saturated carbocycles. The van der Waals surface area contributed by atoms with Crippen molar-refractivity contribution in [2.75, 3.05) is 19.7 Å². The van der Waals surface area contributed by atoms with Crippen LogP contribution in [0.3, 0.4) is 0 Å². The van der Waals surface area contributed by atoms with E-state index >= 15 is 0 Å². The lowest BCUT2D eigenvalue weighted by Gasteiger charge is -2.25. The maximum Gasteiger partial charge on any atom is 0.416 e. The number of hydrogen-bond acceptors (Lipinski definition) is 4. The van der Waals surface area contributed by atoms with Crippen molar-refractivity contribution in [3.05, 3.63) is 42.0 Å². The summed E-state index contributed by atoms with van der Waals surface area (Å²) in [5.74, 6) is 0.0489. The Balaban J connectivity index is 2.53. The fraction of sp³-hybridized carbons (Fsp3) is 0.438. The smallest absolute Gasteiger partial charge is 0.416 e. The van der Waals surface area contributed by atoms with Gasteiger partial charge in [-0.25, -0.2) is 4.79 Å². The molecule has 0 aliphatic carbocycles. The summed E-state index contributed by atoms with van der Waals surface area (Å²) in [5, 5.41) is 2.49. The van der Waals surface area contributed by atoms with Crippen molar-refractivity contribution < 1.29 is 27.4 Å². The molecule has 134 valence electrons. The van der Waals surface area contributed by atoms with E-state index in [4.69, 9.17) is 15.2 Å². The molecule has 0 bridgehead atoms. The highest BCUT2D eigenvalue weighted by atomic mass is 19.4. The van der Waals surface area contributed by atoms with Gasteiger partial charge in [-0.05, 0) is 32.0 Å². The zero-order valence-electron chi connectivity index (χ0n) is 13.5. The van der Waals surface area contributed by atoms with Crippen molar-refractivity contribution in [1.29, 1.82) is 0 Å². The minimum atomic E-state index is -4.44. The summed E-state index contributed by atoms with van der Waals surface area (Å²) in [6.07, 6.45) is -1.74. The second-order valence-electron chi connectivity index (χ2n) is 5.55. The highest BCUT2D eigenvalue weighted by Crippen LogP contribution is 2.31. The summed E-state index contributed by atoms with van der Waals surface area (Å²) in [6, 6.07) is 4.51. The number of halogens is 3. The quantitative estimate of drug-likeness (QED) is 0.744. The normalized spacial score (nSPS) is 12.2. The molecule has 0 aromatic heterocycles. The van der Waals surface area contributed by atoms with Crippen molar-refractivity contribution in [2.45, 2.75) is 25.6 Å². The molecule has 0 spiro atoms. The molecule has 0 fully saturated rings. The minimum Gasteiger partial charge on any atom is -0.489 e. The molecule has 24 heavy (non-hydrogen) atoms. The van der Waals surface area contributed by atoms with Crippen LogP contribution in [-0.2, 0) is 10.9 Å². The van der Waals surface area contributed by atoms with Crippen molar-refractivity contribution in [2.24, 2.45) is 5.73 Å². The lowest BCUT2D eigenvalue weighted by molar-refractivity contribution is -0.137. The molecule has 1 aromatic carbocycles. The zero-order valence-corrected chi connectivity index (χ0v) is 13.5. The summed E-state index contributed by atoms with van der Waals surface area (Å²) in [7, 11) is 0. The van der Waals surface area contributed by atoms with E-state index in [1.165, 1.54) is 12.1 Å². The van der Waals surface area contributed by atoms with Crippen LogP contribution in [0.5, 0.6) is 5.75 Å². The Hall–Kier alpha value is -2.22. The Labute approximate surface area is 138 Å². The number of amides is 1. The van der Waals surface area contributed by atoms with Crippen LogP contribution in [0.2, 0.25) is 0 Å². The van der Waals surface area contributed by atoms with Crippen molar-refractivity contribution in [3.63, 3.8) is 0 Å². The van der Waals surface area contributed by atoms with Crippen LogP contribution in [0.4, 0.5) is 18.0 Å². The maximum absolute atomic E-state index is 12.6. The Morgan fingerprint density at radius 3 is 2.62 bits per heavy atom. The van der Waals surface area contributed by atoms with Crippen molar-refractivity contribution >= 4 is 6.09 Å². The molecule has 8 heteroatoms. The van der Waals surface area contributed by atoms with Gasteiger partial charge in [-0.15, -0.1) is 0 Å². The number of benzene rings is 1. The molecule has 0 heterocycles. The third-order valence-electron chi connectivity index (χ3n) is 2.78. The third-order valence-corrected chi connectivity index (χ3v) is 2.78. The largest absolute Gasteiger partial charge is 0.489 e. The number of carbonyl (C=O) groups is 1. The van der Waals surface area contributed by atoms with Crippen LogP contribution in [-0.4, -0.2) is 31.4 Å². The fourth-order valence-corrected chi connectivity index (χ4v) is 1.66. The first-order chi connectivity index (χ1) is 11.1. The topological polar surface area (TPSA) is 73.6 Å². The predicted molar refractivity (Wildman–Crippen MR) is 83.7 cm³/mol. The number of alkyl carbamates (subject to hydrolysis) is 1. The molecular formula is C16H21F3N2O3. The van der Waals surface area contributed by atoms with Gasteiger partial charge in [0.05, 0.1) is 5.56 Å². The first-order valence-corrected chi connectivity index (χ1v) is 7.26. The molecule has 3 N–H and O–H groups in total. The van der Waals surface area contributed by atoms with Crippen LogP contribution in [0.1, 0.15) is 19.4 Å². The monoisotopic (exact) mass is 346 g/mol. The summed E-state index contributed by atoms with van der Waals surface area (Å²) in [4.78, 5) is 11.6. The van der Waals surface area contributed by atoms with Gasteiger partial charge in [-0.2, -0.15) is 13.2 Å². The second-order valence-corrected chi connectivity index (χ2v) is 5.55. The highest BCUT2D eigenvalue weighted by molar-refractivity contribution is 5.67. The SMILES string of the molecule is CC(C)(COc1cccc(C(F)(F)F)c1)OC(=O)NC/C=C/CN. The van der Waals surface area contributed by atoms with Gasteiger partial charge >= 0.3 is 12.3 Å². The van der Waals surface area contributed by atoms with Crippen LogP contribution in [0, 0.1) is 0 Å². The lowest BCUT2D eigenvalue weighted by Crippen LogP contribution is -2.39. The molecule has 0 atom stereocenters. The summed E-state index contributed by atoms with van der Waals surface area (Å²) in [5.41, 5.74) is 3.44.